The van der Waals surface area contributed by atoms with Crippen LogP contribution in [0.2, 0.25) is 0 Å². The predicted octanol–water partition coefficient (Wildman–Crippen LogP) is 7.83. The summed E-state index contributed by atoms with van der Waals surface area (Å²) in [6.07, 6.45) is 15.0. The van der Waals surface area contributed by atoms with Crippen LogP contribution in [0, 0.1) is 57.2 Å². The topological polar surface area (TPSA) is 42.2 Å². The van der Waals surface area contributed by atoms with Gasteiger partial charge in [0, 0.05) is 18.3 Å². The minimum Gasteiger partial charge on any atom is -0.347 e. The monoisotopic (exact) mass is 465 g/mol. The van der Waals surface area contributed by atoms with Crippen molar-refractivity contribution in [3.8, 4) is 6.07 Å². The molecular formula is C31H47NO2. The number of fused-ring (bicyclic) bond motifs is 4. The fourth-order valence-corrected chi connectivity index (χ4v) is 9.02. The molecule has 34 heavy (non-hydrogen) atoms. The van der Waals surface area contributed by atoms with Gasteiger partial charge in [-0.25, -0.2) is 0 Å². The first-order chi connectivity index (χ1) is 16.1. The number of nitriles is 1. The zero-order valence-corrected chi connectivity index (χ0v) is 22.6. The highest BCUT2D eigenvalue weighted by atomic mass is 16.7. The zero-order valence-electron chi connectivity index (χ0n) is 22.6. The molecule has 1 aliphatic heterocycles. The molecule has 0 aromatic rings. The SMILES string of the molecule is CC(C)[C@@H](C)/C=C/[C@@H](C)[C@H]1CCC2C3=C(CC[C@@]21C)[C@@]1(C)CCC2(C[C@]1(C#N)CC3)OCCO2. The Morgan fingerprint density at radius 1 is 0.941 bits per heavy atom. The highest BCUT2D eigenvalue weighted by Crippen LogP contribution is 2.70. The van der Waals surface area contributed by atoms with Crippen LogP contribution in [-0.2, 0) is 9.47 Å². The average Bonchev–Trinajstić information content (AvgIpc) is 3.41. The first kappa shape index (κ1) is 24.6. The second-order valence-electron chi connectivity index (χ2n) is 13.4. The number of hydrogen-bond acceptors (Lipinski definition) is 3. The molecule has 3 nitrogen and oxygen atoms in total. The van der Waals surface area contributed by atoms with Gasteiger partial charge in [-0.2, -0.15) is 5.26 Å². The number of ether oxygens (including phenoxy) is 2. The van der Waals surface area contributed by atoms with E-state index in [0.717, 1.165) is 38.0 Å². The molecule has 3 fully saturated rings. The van der Waals surface area contributed by atoms with Crippen molar-refractivity contribution < 1.29 is 9.47 Å². The predicted molar refractivity (Wildman–Crippen MR) is 137 cm³/mol. The van der Waals surface area contributed by atoms with E-state index in [2.05, 4.69) is 59.8 Å². The van der Waals surface area contributed by atoms with Crippen molar-refractivity contribution in [3.05, 3.63) is 23.3 Å². The van der Waals surface area contributed by atoms with Gasteiger partial charge in [-0.05, 0) is 80.0 Å². The summed E-state index contributed by atoms with van der Waals surface area (Å²) in [5.74, 6) is 2.98. The van der Waals surface area contributed by atoms with Gasteiger partial charge < -0.3 is 9.47 Å². The van der Waals surface area contributed by atoms with Gasteiger partial charge in [0.1, 0.15) is 0 Å². The fourth-order valence-electron chi connectivity index (χ4n) is 9.02. The lowest BCUT2D eigenvalue weighted by atomic mass is 9.45. The van der Waals surface area contributed by atoms with Crippen LogP contribution in [0.15, 0.2) is 23.3 Å². The molecule has 5 aliphatic rings. The number of hydrogen-bond donors (Lipinski definition) is 0. The fraction of sp³-hybridized carbons (Fsp3) is 0.839. The van der Waals surface area contributed by atoms with Crippen molar-refractivity contribution in [1.29, 1.82) is 5.26 Å². The largest absolute Gasteiger partial charge is 0.347 e. The highest BCUT2D eigenvalue weighted by molar-refractivity contribution is 5.39. The van der Waals surface area contributed by atoms with Crippen LogP contribution in [0.4, 0.5) is 0 Å². The molecule has 1 heterocycles. The van der Waals surface area contributed by atoms with Crippen molar-refractivity contribution in [2.24, 2.45) is 45.8 Å². The molecule has 0 N–H and O–H groups in total. The number of allylic oxidation sites excluding steroid dienone is 4. The third-order valence-corrected chi connectivity index (χ3v) is 11.7. The normalized spacial score (nSPS) is 43.0. The van der Waals surface area contributed by atoms with Gasteiger partial charge in [0.25, 0.3) is 0 Å². The smallest absolute Gasteiger partial charge is 0.170 e. The van der Waals surface area contributed by atoms with Crippen LogP contribution in [0.5, 0.6) is 0 Å². The standard InChI is InChI=1S/C31H47NO2/c1-21(2)22(3)7-8-23(4)25-9-10-26-24-11-14-30(20-32)19-31(33-17-18-34-31)16-15-29(30,6)27(24)12-13-28(25,26)5/h7-8,21-23,25-26H,9-19H2,1-6H3/b8-7+/t22-,23+,25+,26?,28+,29+,30-/m0/s1. The van der Waals surface area contributed by atoms with Gasteiger partial charge in [-0.3, -0.25) is 0 Å². The summed E-state index contributed by atoms with van der Waals surface area (Å²) in [6, 6.07) is 2.87. The van der Waals surface area contributed by atoms with E-state index < -0.39 is 5.79 Å². The molecule has 1 spiro atoms. The zero-order chi connectivity index (χ0) is 24.4. The first-order valence-electron chi connectivity index (χ1n) is 14.2. The lowest BCUT2D eigenvalue weighted by Gasteiger charge is -2.59. The number of rotatable bonds is 4. The first-order valence-corrected chi connectivity index (χ1v) is 14.2. The summed E-state index contributed by atoms with van der Waals surface area (Å²) in [7, 11) is 0. The van der Waals surface area contributed by atoms with Gasteiger partial charge in [-0.15, -0.1) is 0 Å². The molecule has 1 unspecified atom stereocenters. The maximum atomic E-state index is 10.6. The van der Waals surface area contributed by atoms with E-state index >= 15 is 0 Å². The Morgan fingerprint density at radius 3 is 2.35 bits per heavy atom. The van der Waals surface area contributed by atoms with Crippen molar-refractivity contribution in [1.82, 2.24) is 0 Å². The summed E-state index contributed by atoms with van der Waals surface area (Å²) in [5, 5.41) is 10.6. The Balaban J connectivity index is 1.42. The molecule has 3 heteroatoms. The van der Waals surface area contributed by atoms with Crippen LogP contribution in [0.1, 0.15) is 99.3 Å². The van der Waals surface area contributed by atoms with Gasteiger partial charge in [0.15, 0.2) is 5.79 Å². The van der Waals surface area contributed by atoms with Crippen LogP contribution < -0.4 is 0 Å². The molecule has 0 aromatic carbocycles. The van der Waals surface area contributed by atoms with Crippen LogP contribution >= 0.6 is 0 Å². The quantitative estimate of drug-likeness (QED) is 0.397. The van der Waals surface area contributed by atoms with E-state index in [0.29, 0.717) is 42.3 Å². The molecule has 0 aromatic heterocycles. The summed E-state index contributed by atoms with van der Waals surface area (Å²) < 4.78 is 12.2. The van der Waals surface area contributed by atoms with Crippen molar-refractivity contribution >= 4 is 0 Å². The maximum Gasteiger partial charge on any atom is 0.170 e. The molecule has 7 atom stereocenters. The van der Waals surface area contributed by atoms with E-state index in [4.69, 9.17) is 9.47 Å². The maximum absolute atomic E-state index is 10.6. The molecular weight excluding hydrogens is 418 g/mol. The van der Waals surface area contributed by atoms with E-state index in [1.165, 1.54) is 25.7 Å². The molecule has 4 aliphatic carbocycles. The second kappa shape index (κ2) is 8.48. The van der Waals surface area contributed by atoms with Crippen LogP contribution in [-0.4, -0.2) is 19.0 Å². The molecule has 0 amide bonds. The van der Waals surface area contributed by atoms with E-state index in [9.17, 15) is 5.26 Å². The van der Waals surface area contributed by atoms with E-state index in [-0.39, 0.29) is 10.8 Å². The molecule has 2 saturated carbocycles. The summed E-state index contributed by atoms with van der Waals surface area (Å²) in [4.78, 5) is 0. The van der Waals surface area contributed by atoms with Gasteiger partial charge in [0.2, 0.25) is 0 Å². The van der Waals surface area contributed by atoms with Crippen LogP contribution in [0.25, 0.3) is 0 Å². The summed E-state index contributed by atoms with van der Waals surface area (Å²) >= 11 is 0. The molecule has 0 radical (unpaired) electrons. The Hall–Kier alpha value is -1.11. The second-order valence-corrected chi connectivity index (χ2v) is 13.4. The number of nitrogens with zero attached hydrogens (tertiary/aromatic N) is 1. The highest BCUT2D eigenvalue weighted by Gasteiger charge is 2.64. The molecule has 5 rings (SSSR count). The Kier molecular flexibility index (Phi) is 6.13. The molecule has 1 saturated heterocycles. The molecule has 188 valence electrons. The third-order valence-electron chi connectivity index (χ3n) is 11.7. The van der Waals surface area contributed by atoms with Crippen LogP contribution in [0.3, 0.4) is 0 Å². The van der Waals surface area contributed by atoms with Crippen molar-refractivity contribution in [2.45, 2.75) is 105 Å². The van der Waals surface area contributed by atoms with Gasteiger partial charge >= 0.3 is 0 Å². The van der Waals surface area contributed by atoms with Gasteiger partial charge in [-0.1, -0.05) is 64.8 Å². The molecule has 0 bridgehead atoms. The Labute approximate surface area is 208 Å². The summed E-state index contributed by atoms with van der Waals surface area (Å²) in [5.41, 5.74) is 3.48. The Morgan fingerprint density at radius 2 is 1.68 bits per heavy atom. The van der Waals surface area contributed by atoms with E-state index in [1.54, 1.807) is 11.1 Å². The average molecular weight is 466 g/mol. The van der Waals surface area contributed by atoms with Gasteiger partial charge in [0.05, 0.1) is 24.7 Å². The lowest BCUT2D eigenvalue weighted by Crippen LogP contribution is -2.55. The summed E-state index contributed by atoms with van der Waals surface area (Å²) in [6.45, 7) is 15.9. The van der Waals surface area contributed by atoms with E-state index in [1.807, 2.05) is 0 Å². The Bertz CT molecular complexity index is 905. The lowest BCUT2D eigenvalue weighted by molar-refractivity contribution is -0.217. The minimum atomic E-state index is -0.496. The minimum absolute atomic E-state index is 0.0203. The third kappa shape index (κ3) is 3.49. The van der Waals surface area contributed by atoms with Crippen molar-refractivity contribution in [2.75, 3.05) is 13.2 Å². The van der Waals surface area contributed by atoms with Crippen molar-refractivity contribution in [3.63, 3.8) is 0 Å².